The van der Waals surface area contributed by atoms with Crippen molar-refractivity contribution in [3.63, 3.8) is 0 Å². The summed E-state index contributed by atoms with van der Waals surface area (Å²) in [7, 11) is 0. The molecule has 0 saturated carbocycles. The van der Waals surface area contributed by atoms with Crippen LogP contribution in [0.3, 0.4) is 0 Å². The molecule has 1 aliphatic heterocycles. The second-order valence-corrected chi connectivity index (χ2v) is 2.68. The number of likely N-dealkylation sites (tertiary alicyclic amines) is 1. The van der Waals surface area contributed by atoms with E-state index in [2.05, 4.69) is 11.8 Å². The molecule has 2 N–H and O–H groups in total. The van der Waals surface area contributed by atoms with Crippen LogP contribution in [-0.4, -0.2) is 30.6 Å². The average molecular weight is 128 g/mol. The molecule has 0 aromatic carbocycles. The SMILES string of the molecule is CCC1CCN1CCN. The van der Waals surface area contributed by atoms with Gasteiger partial charge in [-0.2, -0.15) is 0 Å². The van der Waals surface area contributed by atoms with Crippen LogP contribution in [0.2, 0.25) is 0 Å². The molecule has 1 rings (SSSR count). The number of nitrogens with zero attached hydrogens (tertiary/aromatic N) is 1. The van der Waals surface area contributed by atoms with Crippen LogP contribution in [0.1, 0.15) is 19.8 Å². The molecule has 0 amide bonds. The van der Waals surface area contributed by atoms with Crippen LogP contribution in [0.5, 0.6) is 0 Å². The van der Waals surface area contributed by atoms with E-state index in [1.54, 1.807) is 0 Å². The molecule has 1 heterocycles. The fourth-order valence-corrected chi connectivity index (χ4v) is 1.42. The molecule has 1 atom stereocenters. The zero-order valence-electron chi connectivity index (χ0n) is 6.14. The molecule has 1 aliphatic rings. The van der Waals surface area contributed by atoms with Gasteiger partial charge in [-0.15, -0.1) is 0 Å². The smallest absolute Gasteiger partial charge is 0.0108 e. The van der Waals surface area contributed by atoms with E-state index in [0.717, 1.165) is 19.1 Å². The molecule has 54 valence electrons. The molecule has 1 unspecified atom stereocenters. The summed E-state index contributed by atoms with van der Waals surface area (Å²) >= 11 is 0. The summed E-state index contributed by atoms with van der Waals surface area (Å²) in [6.07, 6.45) is 2.68. The van der Waals surface area contributed by atoms with Crippen molar-refractivity contribution >= 4 is 0 Å². The minimum Gasteiger partial charge on any atom is -0.329 e. The van der Waals surface area contributed by atoms with Gasteiger partial charge in [-0.1, -0.05) is 6.92 Å². The van der Waals surface area contributed by atoms with E-state index in [-0.39, 0.29) is 0 Å². The quantitative estimate of drug-likeness (QED) is 0.597. The number of hydrogen-bond acceptors (Lipinski definition) is 2. The normalized spacial score (nSPS) is 28.0. The molecule has 1 saturated heterocycles. The lowest BCUT2D eigenvalue weighted by molar-refractivity contribution is 0.0918. The average Bonchev–Trinajstić information content (AvgIpc) is 1.82. The summed E-state index contributed by atoms with van der Waals surface area (Å²) in [6, 6.07) is 0.855. The monoisotopic (exact) mass is 128 g/mol. The minimum atomic E-state index is 0.816. The van der Waals surface area contributed by atoms with E-state index in [1.165, 1.54) is 19.4 Å². The van der Waals surface area contributed by atoms with Crippen molar-refractivity contribution in [1.82, 2.24) is 4.90 Å². The molecule has 0 spiro atoms. The van der Waals surface area contributed by atoms with Crippen LogP contribution >= 0.6 is 0 Å². The fraction of sp³-hybridized carbons (Fsp3) is 1.00. The van der Waals surface area contributed by atoms with Gasteiger partial charge in [-0.3, -0.25) is 4.90 Å². The van der Waals surface area contributed by atoms with Gasteiger partial charge in [-0.25, -0.2) is 0 Å². The maximum Gasteiger partial charge on any atom is 0.0108 e. The Morgan fingerprint density at radius 3 is 2.78 bits per heavy atom. The number of hydrogen-bond donors (Lipinski definition) is 1. The summed E-state index contributed by atoms with van der Waals surface area (Å²) < 4.78 is 0. The summed E-state index contributed by atoms with van der Waals surface area (Å²) in [5, 5.41) is 0. The summed E-state index contributed by atoms with van der Waals surface area (Å²) in [4.78, 5) is 2.46. The third kappa shape index (κ3) is 1.43. The zero-order chi connectivity index (χ0) is 6.69. The van der Waals surface area contributed by atoms with Crippen molar-refractivity contribution in [3.05, 3.63) is 0 Å². The first-order valence-corrected chi connectivity index (χ1v) is 3.82. The topological polar surface area (TPSA) is 29.3 Å². The van der Waals surface area contributed by atoms with Crippen LogP contribution in [0.4, 0.5) is 0 Å². The lowest BCUT2D eigenvalue weighted by Gasteiger charge is -2.40. The Labute approximate surface area is 57.0 Å². The third-order valence-electron chi connectivity index (χ3n) is 2.15. The van der Waals surface area contributed by atoms with Gasteiger partial charge in [0.15, 0.2) is 0 Å². The largest absolute Gasteiger partial charge is 0.329 e. The van der Waals surface area contributed by atoms with Gasteiger partial charge >= 0.3 is 0 Å². The van der Waals surface area contributed by atoms with Gasteiger partial charge in [-0.05, 0) is 19.4 Å². The number of nitrogens with two attached hydrogens (primary N) is 1. The Kier molecular flexibility index (Phi) is 2.49. The molecular formula is C7H16N2. The highest BCUT2D eigenvalue weighted by Gasteiger charge is 2.24. The van der Waals surface area contributed by atoms with Gasteiger partial charge in [0.2, 0.25) is 0 Å². The van der Waals surface area contributed by atoms with Crippen molar-refractivity contribution < 1.29 is 0 Å². The van der Waals surface area contributed by atoms with Crippen LogP contribution in [0, 0.1) is 0 Å². The minimum absolute atomic E-state index is 0.816. The van der Waals surface area contributed by atoms with E-state index in [4.69, 9.17) is 5.73 Å². The van der Waals surface area contributed by atoms with Gasteiger partial charge in [0.05, 0.1) is 0 Å². The Morgan fingerprint density at radius 1 is 1.67 bits per heavy atom. The van der Waals surface area contributed by atoms with Crippen molar-refractivity contribution in [2.24, 2.45) is 5.73 Å². The summed E-state index contributed by atoms with van der Waals surface area (Å²) in [6.45, 7) is 5.43. The Morgan fingerprint density at radius 2 is 2.44 bits per heavy atom. The molecule has 1 fully saturated rings. The van der Waals surface area contributed by atoms with Crippen molar-refractivity contribution in [2.45, 2.75) is 25.8 Å². The zero-order valence-corrected chi connectivity index (χ0v) is 6.14. The van der Waals surface area contributed by atoms with Crippen molar-refractivity contribution in [2.75, 3.05) is 19.6 Å². The first-order chi connectivity index (χ1) is 4.38. The Bertz CT molecular complexity index is 81.0. The summed E-state index contributed by atoms with van der Waals surface area (Å²) in [5.41, 5.74) is 5.41. The Balaban J connectivity index is 2.11. The standard InChI is InChI=1S/C7H16N2/c1-2-7-3-5-9(7)6-4-8/h7H,2-6,8H2,1H3. The van der Waals surface area contributed by atoms with Crippen LogP contribution < -0.4 is 5.73 Å². The van der Waals surface area contributed by atoms with Gasteiger partial charge in [0.25, 0.3) is 0 Å². The molecule has 2 heteroatoms. The predicted molar refractivity (Wildman–Crippen MR) is 39.3 cm³/mol. The van der Waals surface area contributed by atoms with E-state index >= 15 is 0 Å². The Hall–Kier alpha value is -0.0800. The number of rotatable bonds is 3. The maximum atomic E-state index is 5.41. The maximum absolute atomic E-state index is 5.41. The van der Waals surface area contributed by atoms with Crippen LogP contribution in [0.25, 0.3) is 0 Å². The second-order valence-electron chi connectivity index (χ2n) is 2.68. The molecule has 0 bridgehead atoms. The van der Waals surface area contributed by atoms with Crippen LogP contribution in [-0.2, 0) is 0 Å². The van der Waals surface area contributed by atoms with Crippen molar-refractivity contribution in [1.29, 1.82) is 0 Å². The molecule has 0 aromatic heterocycles. The molecular weight excluding hydrogens is 112 g/mol. The summed E-state index contributed by atoms with van der Waals surface area (Å²) in [5.74, 6) is 0. The molecule has 0 aromatic rings. The fourth-order valence-electron chi connectivity index (χ4n) is 1.42. The highest BCUT2D eigenvalue weighted by Crippen LogP contribution is 2.18. The van der Waals surface area contributed by atoms with E-state index in [0.29, 0.717) is 0 Å². The lowest BCUT2D eigenvalue weighted by Crippen LogP contribution is -2.49. The first kappa shape index (κ1) is 7.03. The van der Waals surface area contributed by atoms with Crippen LogP contribution in [0.15, 0.2) is 0 Å². The molecule has 0 radical (unpaired) electrons. The van der Waals surface area contributed by atoms with Gasteiger partial charge < -0.3 is 5.73 Å². The van der Waals surface area contributed by atoms with Crippen molar-refractivity contribution in [3.8, 4) is 0 Å². The van der Waals surface area contributed by atoms with Gasteiger partial charge in [0.1, 0.15) is 0 Å². The highest BCUT2D eigenvalue weighted by molar-refractivity contribution is 4.80. The third-order valence-corrected chi connectivity index (χ3v) is 2.15. The first-order valence-electron chi connectivity index (χ1n) is 3.82. The molecule has 2 nitrogen and oxygen atoms in total. The lowest BCUT2D eigenvalue weighted by atomic mass is 10.0. The molecule has 9 heavy (non-hydrogen) atoms. The second kappa shape index (κ2) is 3.18. The van der Waals surface area contributed by atoms with E-state index in [1.807, 2.05) is 0 Å². The predicted octanol–water partition coefficient (Wildman–Crippen LogP) is 0.429. The van der Waals surface area contributed by atoms with Gasteiger partial charge in [0, 0.05) is 19.1 Å². The van der Waals surface area contributed by atoms with E-state index in [9.17, 15) is 0 Å². The highest BCUT2D eigenvalue weighted by atomic mass is 15.2. The molecule has 0 aliphatic carbocycles. The van der Waals surface area contributed by atoms with E-state index < -0.39 is 0 Å².